The number of benzene rings is 1. The van der Waals surface area contributed by atoms with Crippen LogP contribution in [0.15, 0.2) is 24.4 Å². The summed E-state index contributed by atoms with van der Waals surface area (Å²) in [5.74, 6) is 0. The Morgan fingerprint density at radius 3 is 3.05 bits per heavy atom. The van der Waals surface area contributed by atoms with Gasteiger partial charge < -0.3 is 10.1 Å². The molecule has 1 aromatic carbocycles. The molecule has 0 spiro atoms. The lowest BCUT2D eigenvalue weighted by molar-refractivity contribution is -0.0975. The molecular weight excluding hydrogens is 238 g/mol. The van der Waals surface area contributed by atoms with Crippen LogP contribution in [0, 0.1) is 5.41 Å². The Balaban J connectivity index is 1.78. The molecule has 1 aliphatic carbocycles. The summed E-state index contributed by atoms with van der Waals surface area (Å²) in [6.45, 7) is 7.38. The number of fused-ring (bicyclic) bond motifs is 1. The summed E-state index contributed by atoms with van der Waals surface area (Å²) >= 11 is 0. The third-order valence-corrected chi connectivity index (χ3v) is 4.36. The number of aromatic amines is 1. The van der Waals surface area contributed by atoms with Gasteiger partial charge in [0.05, 0.1) is 17.8 Å². The van der Waals surface area contributed by atoms with Crippen LogP contribution in [0.5, 0.6) is 0 Å². The lowest BCUT2D eigenvalue weighted by atomic mass is 9.64. The predicted molar refractivity (Wildman–Crippen MR) is 77.3 cm³/mol. The molecule has 0 amide bonds. The van der Waals surface area contributed by atoms with Gasteiger partial charge in [-0.25, -0.2) is 0 Å². The molecule has 0 aliphatic heterocycles. The van der Waals surface area contributed by atoms with Crippen LogP contribution in [0.25, 0.3) is 10.9 Å². The van der Waals surface area contributed by atoms with Crippen molar-refractivity contribution in [1.82, 2.24) is 10.2 Å². The van der Waals surface area contributed by atoms with E-state index in [-0.39, 0.29) is 5.41 Å². The normalized spacial score (nSPS) is 25.2. The van der Waals surface area contributed by atoms with Gasteiger partial charge in [-0.1, -0.05) is 19.9 Å². The molecular formula is C15H21N3O. The van der Waals surface area contributed by atoms with Crippen LogP contribution in [0.3, 0.4) is 0 Å². The van der Waals surface area contributed by atoms with E-state index in [0.29, 0.717) is 12.1 Å². The lowest BCUT2D eigenvalue weighted by Crippen LogP contribution is -2.58. The first kappa shape index (κ1) is 12.5. The molecule has 102 valence electrons. The molecule has 2 atom stereocenters. The van der Waals surface area contributed by atoms with Crippen molar-refractivity contribution in [3.63, 3.8) is 0 Å². The van der Waals surface area contributed by atoms with Crippen molar-refractivity contribution in [2.45, 2.75) is 39.3 Å². The molecule has 4 heteroatoms. The molecule has 1 heterocycles. The Bertz CT molecular complexity index is 576. The number of aromatic nitrogens is 2. The summed E-state index contributed by atoms with van der Waals surface area (Å²) in [4.78, 5) is 0. The van der Waals surface area contributed by atoms with Gasteiger partial charge in [0.1, 0.15) is 0 Å². The van der Waals surface area contributed by atoms with E-state index in [1.54, 1.807) is 0 Å². The molecule has 2 unspecified atom stereocenters. The molecule has 1 aromatic heterocycles. The highest BCUT2D eigenvalue weighted by atomic mass is 16.5. The van der Waals surface area contributed by atoms with Gasteiger partial charge in [0.15, 0.2) is 0 Å². The van der Waals surface area contributed by atoms with E-state index < -0.39 is 0 Å². The minimum atomic E-state index is 0.169. The molecule has 3 rings (SSSR count). The van der Waals surface area contributed by atoms with Crippen molar-refractivity contribution in [2.24, 2.45) is 5.41 Å². The monoisotopic (exact) mass is 259 g/mol. The molecule has 4 nitrogen and oxygen atoms in total. The Labute approximate surface area is 113 Å². The van der Waals surface area contributed by atoms with E-state index in [4.69, 9.17) is 4.74 Å². The van der Waals surface area contributed by atoms with E-state index in [2.05, 4.69) is 48.4 Å². The number of anilines is 1. The van der Waals surface area contributed by atoms with Gasteiger partial charge in [-0.05, 0) is 25.5 Å². The fourth-order valence-electron chi connectivity index (χ4n) is 2.90. The van der Waals surface area contributed by atoms with Gasteiger partial charge >= 0.3 is 0 Å². The first-order valence-corrected chi connectivity index (χ1v) is 6.93. The van der Waals surface area contributed by atoms with Gasteiger partial charge in [-0.3, -0.25) is 5.10 Å². The van der Waals surface area contributed by atoms with E-state index in [0.717, 1.165) is 29.6 Å². The van der Waals surface area contributed by atoms with Crippen LogP contribution in [0.2, 0.25) is 0 Å². The Morgan fingerprint density at radius 1 is 1.47 bits per heavy atom. The molecule has 1 aliphatic rings. The molecule has 1 saturated carbocycles. The molecule has 19 heavy (non-hydrogen) atoms. The molecule has 0 saturated heterocycles. The van der Waals surface area contributed by atoms with Crippen molar-refractivity contribution < 1.29 is 4.74 Å². The topological polar surface area (TPSA) is 49.9 Å². The Kier molecular flexibility index (Phi) is 2.97. The van der Waals surface area contributed by atoms with Crippen LogP contribution in [0.1, 0.15) is 27.2 Å². The van der Waals surface area contributed by atoms with Crippen molar-refractivity contribution in [3.05, 3.63) is 24.4 Å². The zero-order valence-corrected chi connectivity index (χ0v) is 11.7. The van der Waals surface area contributed by atoms with Crippen molar-refractivity contribution in [2.75, 3.05) is 11.9 Å². The number of nitrogens with zero attached hydrogens (tertiary/aromatic N) is 1. The smallest absolute Gasteiger partial charge is 0.0671 e. The van der Waals surface area contributed by atoms with Gasteiger partial charge in [-0.2, -0.15) is 5.10 Å². The van der Waals surface area contributed by atoms with E-state index >= 15 is 0 Å². The Hall–Kier alpha value is -1.55. The second-order valence-corrected chi connectivity index (χ2v) is 5.83. The summed E-state index contributed by atoms with van der Waals surface area (Å²) in [6, 6.07) is 6.66. The second kappa shape index (κ2) is 4.53. The van der Waals surface area contributed by atoms with Crippen LogP contribution >= 0.6 is 0 Å². The molecule has 1 fully saturated rings. The van der Waals surface area contributed by atoms with Gasteiger partial charge in [0, 0.05) is 29.1 Å². The molecule has 0 radical (unpaired) electrons. The van der Waals surface area contributed by atoms with Crippen LogP contribution in [-0.2, 0) is 4.74 Å². The third-order valence-electron chi connectivity index (χ3n) is 4.36. The van der Waals surface area contributed by atoms with E-state index in [1.807, 2.05) is 12.3 Å². The second-order valence-electron chi connectivity index (χ2n) is 5.83. The highest BCUT2D eigenvalue weighted by molar-refractivity contribution is 5.91. The molecule has 0 bridgehead atoms. The summed E-state index contributed by atoms with van der Waals surface area (Å²) in [5.41, 5.74) is 2.39. The average Bonchev–Trinajstić information content (AvgIpc) is 2.86. The summed E-state index contributed by atoms with van der Waals surface area (Å²) < 4.78 is 5.77. The SMILES string of the molecule is CCOC1CC(Nc2cccc3[nH]ncc23)C1(C)C. The zero-order valence-electron chi connectivity index (χ0n) is 11.7. The van der Waals surface area contributed by atoms with E-state index in [1.165, 1.54) is 0 Å². The molecule has 2 aromatic rings. The summed E-state index contributed by atoms with van der Waals surface area (Å²) in [6.07, 6.45) is 3.30. The van der Waals surface area contributed by atoms with Crippen LogP contribution in [0.4, 0.5) is 5.69 Å². The number of nitrogens with one attached hydrogen (secondary N) is 2. The number of rotatable bonds is 4. The zero-order chi connectivity index (χ0) is 13.5. The number of hydrogen-bond acceptors (Lipinski definition) is 3. The van der Waals surface area contributed by atoms with Crippen molar-refractivity contribution in [1.29, 1.82) is 0 Å². The average molecular weight is 259 g/mol. The van der Waals surface area contributed by atoms with Gasteiger partial charge in [0.25, 0.3) is 0 Å². The Morgan fingerprint density at radius 2 is 2.32 bits per heavy atom. The molecule has 2 N–H and O–H groups in total. The fraction of sp³-hybridized carbons (Fsp3) is 0.533. The van der Waals surface area contributed by atoms with Crippen molar-refractivity contribution in [3.8, 4) is 0 Å². The highest BCUT2D eigenvalue weighted by Gasteiger charge is 2.48. The standard InChI is InChI=1S/C15H21N3O/c1-4-19-14-8-13(15(14,2)3)17-11-6-5-7-12-10(11)9-16-18-12/h5-7,9,13-14,17H,4,8H2,1-3H3,(H,16,18). The number of ether oxygens (including phenoxy) is 1. The maximum absolute atomic E-state index is 5.77. The quantitative estimate of drug-likeness (QED) is 0.886. The largest absolute Gasteiger partial charge is 0.381 e. The number of hydrogen-bond donors (Lipinski definition) is 2. The summed E-state index contributed by atoms with van der Waals surface area (Å²) in [7, 11) is 0. The lowest BCUT2D eigenvalue weighted by Gasteiger charge is -2.52. The predicted octanol–water partition coefficient (Wildman–Crippen LogP) is 3.18. The van der Waals surface area contributed by atoms with Crippen LogP contribution < -0.4 is 5.32 Å². The van der Waals surface area contributed by atoms with E-state index in [9.17, 15) is 0 Å². The van der Waals surface area contributed by atoms with Gasteiger partial charge in [-0.15, -0.1) is 0 Å². The first-order valence-electron chi connectivity index (χ1n) is 6.93. The summed E-state index contributed by atoms with van der Waals surface area (Å²) in [5, 5.41) is 11.9. The minimum absolute atomic E-state index is 0.169. The van der Waals surface area contributed by atoms with Gasteiger partial charge in [0.2, 0.25) is 0 Å². The highest BCUT2D eigenvalue weighted by Crippen LogP contribution is 2.44. The minimum Gasteiger partial charge on any atom is -0.381 e. The number of H-pyrrole nitrogens is 1. The third kappa shape index (κ3) is 2.00. The first-order chi connectivity index (χ1) is 9.13. The fourth-order valence-corrected chi connectivity index (χ4v) is 2.90. The maximum Gasteiger partial charge on any atom is 0.0671 e. The van der Waals surface area contributed by atoms with Crippen molar-refractivity contribution >= 4 is 16.6 Å². The van der Waals surface area contributed by atoms with Crippen LogP contribution in [-0.4, -0.2) is 29.0 Å². The maximum atomic E-state index is 5.77.